The lowest BCUT2D eigenvalue weighted by Crippen LogP contribution is -2.03. The third-order valence-electron chi connectivity index (χ3n) is 2.25. The molecule has 0 radical (unpaired) electrons. The molecule has 0 bridgehead atoms. The highest BCUT2D eigenvalue weighted by Crippen LogP contribution is 2.09. The highest BCUT2D eigenvalue weighted by Gasteiger charge is 2.03. The minimum atomic E-state index is 0.403. The van der Waals surface area contributed by atoms with Crippen molar-refractivity contribution in [1.29, 1.82) is 0 Å². The first-order chi connectivity index (χ1) is 8.29. The van der Waals surface area contributed by atoms with Crippen LogP contribution in [0, 0.1) is 0 Å². The first-order valence-electron chi connectivity index (χ1n) is 5.59. The summed E-state index contributed by atoms with van der Waals surface area (Å²) in [4.78, 5) is 8.27. The monoisotopic (exact) mass is 229 g/mol. The van der Waals surface area contributed by atoms with E-state index in [4.69, 9.17) is 5.73 Å². The molecule has 5 heteroatoms. The van der Waals surface area contributed by atoms with Crippen molar-refractivity contribution in [3.8, 4) is 0 Å². The molecule has 17 heavy (non-hydrogen) atoms. The molecule has 5 nitrogen and oxygen atoms in total. The Bertz CT molecular complexity index is 501. The average Bonchev–Trinajstić information content (AvgIpc) is 2.70. The second kappa shape index (κ2) is 5.25. The highest BCUT2D eigenvalue weighted by molar-refractivity contribution is 5.81. The molecular weight excluding hydrogens is 214 g/mol. The zero-order valence-electron chi connectivity index (χ0n) is 9.74. The van der Waals surface area contributed by atoms with Crippen molar-refractivity contribution < 1.29 is 0 Å². The molecule has 1 heterocycles. The Morgan fingerprint density at radius 1 is 1.35 bits per heavy atom. The van der Waals surface area contributed by atoms with Gasteiger partial charge in [-0.15, -0.1) is 5.10 Å². The predicted molar refractivity (Wildman–Crippen MR) is 68.4 cm³/mol. The van der Waals surface area contributed by atoms with Crippen LogP contribution in [0.3, 0.4) is 0 Å². The van der Waals surface area contributed by atoms with Gasteiger partial charge in [0.15, 0.2) is 0 Å². The van der Waals surface area contributed by atoms with Gasteiger partial charge in [-0.1, -0.05) is 37.3 Å². The number of benzene rings is 1. The summed E-state index contributed by atoms with van der Waals surface area (Å²) in [7, 11) is 0. The van der Waals surface area contributed by atoms with E-state index in [1.807, 2.05) is 30.3 Å². The fraction of sp³-hybridized carbons (Fsp3) is 0.250. The number of aryl methyl sites for hydroxylation is 1. The van der Waals surface area contributed by atoms with Gasteiger partial charge in [-0.2, -0.15) is 4.98 Å². The number of rotatable bonds is 4. The first kappa shape index (κ1) is 11.3. The summed E-state index contributed by atoms with van der Waals surface area (Å²) in [6.07, 6.45) is 2.69. The summed E-state index contributed by atoms with van der Waals surface area (Å²) < 4.78 is 1.66. The van der Waals surface area contributed by atoms with Crippen LogP contribution in [0.1, 0.15) is 18.9 Å². The van der Waals surface area contributed by atoms with Gasteiger partial charge in [0.2, 0.25) is 5.95 Å². The fourth-order valence-corrected chi connectivity index (χ4v) is 1.44. The first-order valence-corrected chi connectivity index (χ1v) is 5.59. The standard InChI is InChI=1S/C12H15N5/c1-2-8-17-11(13)15-12(16-17)14-9-10-6-4-3-5-7-10/h3-7,9H,2,8H2,1H3,(H2,13,15,16). The van der Waals surface area contributed by atoms with Crippen LogP contribution in [0.5, 0.6) is 0 Å². The van der Waals surface area contributed by atoms with Gasteiger partial charge in [-0.25, -0.2) is 9.67 Å². The number of nitrogens with two attached hydrogens (primary N) is 1. The number of aromatic nitrogens is 3. The van der Waals surface area contributed by atoms with Gasteiger partial charge < -0.3 is 5.73 Å². The maximum absolute atomic E-state index is 5.71. The highest BCUT2D eigenvalue weighted by atomic mass is 15.4. The Morgan fingerprint density at radius 2 is 2.12 bits per heavy atom. The molecule has 0 atom stereocenters. The van der Waals surface area contributed by atoms with E-state index in [0.717, 1.165) is 18.5 Å². The summed E-state index contributed by atoms with van der Waals surface area (Å²) in [6, 6.07) is 9.81. The van der Waals surface area contributed by atoms with Crippen molar-refractivity contribution in [2.45, 2.75) is 19.9 Å². The largest absolute Gasteiger partial charge is 0.368 e. The minimum Gasteiger partial charge on any atom is -0.368 e. The van der Waals surface area contributed by atoms with E-state index in [1.54, 1.807) is 10.9 Å². The Labute approximate surface area is 100 Å². The van der Waals surface area contributed by atoms with E-state index in [9.17, 15) is 0 Å². The molecule has 1 aromatic heterocycles. The quantitative estimate of drug-likeness (QED) is 0.815. The van der Waals surface area contributed by atoms with E-state index in [2.05, 4.69) is 22.0 Å². The SMILES string of the molecule is CCCn1nc(N=Cc2ccccc2)nc1N. The Kier molecular flexibility index (Phi) is 3.49. The van der Waals surface area contributed by atoms with Crippen LogP contribution in [-0.2, 0) is 6.54 Å². The second-order valence-electron chi connectivity index (χ2n) is 3.66. The molecule has 0 saturated carbocycles. The maximum Gasteiger partial charge on any atom is 0.270 e. The Hall–Kier alpha value is -2.17. The van der Waals surface area contributed by atoms with E-state index in [-0.39, 0.29) is 0 Å². The van der Waals surface area contributed by atoms with Crippen LogP contribution < -0.4 is 5.73 Å². The van der Waals surface area contributed by atoms with Gasteiger partial charge in [-0.3, -0.25) is 0 Å². The van der Waals surface area contributed by atoms with Crippen molar-refractivity contribution >= 4 is 18.1 Å². The van der Waals surface area contributed by atoms with Crippen LogP contribution in [-0.4, -0.2) is 21.0 Å². The van der Waals surface area contributed by atoms with Crippen LogP contribution >= 0.6 is 0 Å². The van der Waals surface area contributed by atoms with E-state index >= 15 is 0 Å². The van der Waals surface area contributed by atoms with Gasteiger partial charge in [0.1, 0.15) is 0 Å². The van der Waals surface area contributed by atoms with Crippen molar-refractivity contribution in [3.05, 3.63) is 35.9 Å². The molecule has 0 aliphatic heterocycles. The van der Waals surface area contributed by atoms with Crippen molar-refractivity contribution in [1.82, 2.24) is 14.8 Å². The summed E-state index contributed by atoms with van der Waals surface area (Å²) in [5, 5.41) is 4.20. The van der Waals surface area contributed by atoms with Crippen molar-refractivity contribution in [3.63, 3.8) is 0 Å². The Balaban J connectivity index is 2.14. The minimum absolute atomic E-state index is 0.403. The van der Waals surface area contributed by atoms with Gasteiger partial charge in [0.25, 0.3) is 5.95 Å². The number of hydrogen-bond donors (Lipinski definition) is 1. The lowest BCUT2D eigenvalue weighted by atomic mass is 10.2. The molecule has 2 N–H and O–H groups in total. The van der Waals surface area contributed by atoms with Crippen molar-refractivity contribution in [2.24, 2.45) is 4.99 Å². The summed E-state index contributed by atoms with van der Waals surface area (Å²) >= 11 is 0. The molecule has 1 aromatic carbocycles. The molecule has 0 amide bonds. The molecular formula is C12H15N5. The van der Waals surface area contributed by atoms with Gasteiger partial charge in [-0.05, 0) is 12.0 Å². The molecule has 88 valence electrons. The second-order valence-corrected chi connectivity index (χ2v) is 3.66. The van der Waals surface area contributed by atoms with Crippen LogP contribution in [0.4, 0.5) is 11.9 Å². The molecule has 0 aliphatic carbocycles. The van der Waals surface area contributed by atoms with E-state index < -0.39 is 0 Å². The lowest BCUT2D eigenvalue weighted by Gasteiger charge is -1.96. The molecule has 2 aromatic rings. The topological polar surface area (TPSA) is 69.1 Å². The average molecular weight is 229 g/mol. The Morgan fingerprint density at radius 3 is 2.82 bits per heavy atom. The summed E-state index contributed by atoms with van der Waals surface area (Å²) in [5.74, 6) is 0.812. The zero-order valence-corrected chi connectivity index (χ0v) is 9.74. The number of aliphatic imine (C=N–C) groups is 1. The molecule has 0 saturated heterocycles. The molecule has 0 spiro atoms. The van der Waals surface area contributed by atoms with Crippen LogP contribution in [0.25, 0.3) is 0 Å². The zero-order chi connectivity index (χ0) is 12.1. The van der Waals surface area contributed by atoms with E-state index in [1.165, 1.54) is 0 Å². The molecule has 0 aliphatic rings. The van der Waals surface area contributed by atoms with Crippen LogP contribution in [0.2, 0.25) is 0 Å². The van der Waals surface area contributed by atoms with Crippen molar-refractivity contribution in [2.75, 3.05) is 5.73 Å². The number of hydrogen-bond acceptors (Lipinski definition) is 4. The van der Waals surface area contributed by atoms with E-state index in [0.29, 0.717) is 11.9 Å². The normalized spacial score (nSPS) is 11.1. The van der Waals surface area contributed by atoms with Crippen LogP contribution in [0.15, 0.2) is 35.3 Å². The van der Waals surface area contributed by atoms with Gasteiger partial charge >= 0.3 is 0 Å². The molecule has 2 rings (SSSR count). The smallest absolute Gasteiger partial charge is 0.270 e. The van der Waals surface area contributed by atoms with Gasteiger partial charge in [0, 0.05) is 12.8 Å². The van der Waals surface area contributed by atoms with Gasteiger partial charge in [0.05, 0.1) is 0 Å². The fourth-order valence-electron chi connectivity index (χ4n) is 1.44. The third-order valence-corrected chi connectivity index (χ3v) is 2.25. The lowest BCUT2D eigenvalue weighted by molar-refractivity contribution is 0.611. The molecule has 0 unspecified atom stereocenters. The summed E-state index contributed by atoms with van der Waals surface area (Å²) in [6.45, 7) is 2.83. The summed E-state index contributed by atoms with van der Waals surface area (Å²) in [5.41, 5.74) is 6.72. The predicted octanol–water partition coefficient (Wildman–Crippen LogP) is 2.02. The molecule has 0 fully saturated rings. The maximum atomic E-state index is 5.71. The number of anilines is 1. The third kappa shape index (κ3) is 2.90. The number of nitrogens with zero attached hydrogens (tertiary/aromatic N) is 4. The number of nitrogen functional groups attached to an aromatic ring is 1.